The molecule has 0 atom stereocenters. The van der Waals surface area contributed by atoms with Crippen LogP contribution >= 0.6 is 15.9 Å². The van der Waals surface area contributed by atoms with E-state index in [2.05, 4.69) is 26.7 Å². The summed E-state index contributed by atoms with van der Waals surface area (Å²) >= 11 is 3.16. The van der Waals surface area contributed by atoms with Gasteiger partial charge in [0.1, 0.15) is 11.6 Å². The summed E-state index contributed by atoms with van der Waals surface area (Å²) < 4.78 is 21.4. The minimum absolute atomic E-state index is 0.0735. The number of halogens is 2. The predicted molar refractivity (Wildman–Crippen MR) is 112 cm³/mol. The maximum Gasteiger partial charge on any atom is 0.270 e. The first-order chi connectivity index (χ1) is 13.8. The third-order valence-corrected chi connectivity index (χ3v) is 4.67. The number of hydrogen-bond acceptors (Lipinski definition) is 3. The maximum absolute atomic E-state index is 13.8. The Labute approximate surface area is 175 Å². The van der Waals surface area contributed by atoms with Gasteiger partial charge < -0.3 is 10.1 Å². The van der Waals surface area contributed by atoms with E-state index < -0.39 is 11.7 Å². The summed E-state index contributed by atoms with van der Waals surface area (Å²) in [5, 5.41) is 2.45. The van der Waals surface area contributed by atoms with Gasteiger partial charge in [0, 0.05) is 21.4 Å². The molecule has 0 aliphatic carbocycles. The number of carbonyl (C=O) groups is 2. The Balaban J connectivity index is 1.55. The van der Waals surface area contributed by atoms with Gasteiger partial charge in [-0.05, 0) is 68.4 Å². The maximum atomic E-state index is 13.8. The monoisotopic (exact) mass is 459 g/mol. The van der Waals surface area contributed by atoms with Gasteiger partial charge in [0.2, 0.25) is 0 Å². The molecular formula is C21H19BrFN3O3. The Bertz CT molecular complexity index is 1030. The highest BCUT2D eigenvalue weighted by molar-refractivity contribution is 9.10. The van der Waals surface area contributed by atoms with Crippen molar-refractivity contribution in [2.45, 2.75) is 13.8 Å². The second kappa shape index (κ2) is 8.91. The lowest BCUT2D eigenvalue weighted by molar-refractivity contribution is -0.118. The van der Waals surface area contributed by atoms with Crippen LogP contribution in [0.3, 0.4) is 0 Å². The SMILES string of the molecule is Cc1ccc(C)n1NC(=O)c1ccc(OCC(=O)Nc2ccc(Br)cc2F)cc1. The molecule has 29 heavy (non-hydrogen) atoms. The molecule has 1 aromatic heterocycles. The van der Waals surface area contributed by atoms with Gasteiger partial charge >= 0.3 is 0 Å². The minimum Gasteiger partial charge on any atom is -0.484 e. The molecule has 3 rings (SSSR count). The number of aromatic nitrogens is 1. The van der Waals surface area contributed by atoms with Gasteiger partial charge in [-0.3, -0.25) is 19.7 Å². The van der Waals surface area contributed by atoms with Crippen LogP contribution in [0.2, 0.25) is 0 Å². The smallest absolute Gasteiger partial charge is 0.270 e. The number of carbonyl (C=O) groups excluding carboxylic acids is 2. The fraction of sp³-hybridized carbons (Fsp3) is 0.143. The third-order valence-electron chi connectivity index (χ3n) is 4.18. The van der Waals surface area contributed by atoms with Crippen molar-refractivity contribution in [2.24, 2.45) is 0 Å². The van der Waals surface area contributed by atoms with Gasteiger partial charge in [0.25, 0.3) is 11.8 Å². The van der Waals surface area contributed by atoms with Crippen molar-refractivity contribution in [1.82, 2.24) is 4.68 Å². The van der Waals surface area contributed by atoms with E-state index in [1.54, 1.807) is 35.0 Å². The fourth-order valence-electron chi connectivity index (χ4n) is 2.64. The van der Waals surface area contributed by atoms with Crippen LogP contribution in [-0.4, -0.2) is 23.1 Å². The van der Waals surface area contributed by atoms with Gasteiger partial charge in [0.05, 0.1) is 5.69 Å². The zero-order valence-electron chi connectivity index (χ0n) is 15.8. The molecule has 2 amide bonds. The van der Waals surface area contributed by atoms with Crippen molar-refractivity contribution in [3.05, 3.63) is 81.8 Å². The Kier molecular flexibility index (Phi) is 6.33. The molecule has 8 heteroatoms. The Morgan fingerprint density at radius 3 is 2.31 bits per heavy atom. The molecule has 6 nitrogen and oxygen atoms in total. The molecule has 0 spiro atoms. The number of nitrogens with zero attached hydrogens (tertiary/aromatic N) is 1. The second-order valence-corrected chi connectivity index (χ2v) is 7.29. The van der Waals surface area contributed by atoms with Gasteiger partial charge in [-0.15, -0.1) is 0 Å². The number of nitrogens with one attached hydrogen (secondary N) is 2. The first kappa shape index (κ1) is 20.6. The summed E-state index contributed by atoms with van der Waals surface area (Å²) in [6.07, 6.45) is 0. The van der Waals surface area contributed by atoms with Gasteiger partial charge in [0.15, 0.2) is 6.61 Å². The summed E-state index contributed by atoms with van der Waals surface area (Å²) in [6.45, 7) is 3.51. The van der Waals surface area contributed by atoms with Crippen LogP contribution in [-0.2, 0) is 4.79 Å². The van der Waals surface area contributed by atoms with Gasteiger partial charge in [-0.2, -0.15) is 0 Å². The van der Waals surface area contributed by atoms with E-state index in [-0.39, 0.29) is 18.2 Å². The van der Waals surface area contributed by atoms with E-state index in [1.807, 2.05) is 26.0 Å². The molecule has 2 N–H and O–H groups in total. The standard InChI is InChI=1S/C21H19BrFN3O3/c1-13-3-4-14(2)26(13)25-21(28)15-5-8-17(9-6-15)29-12-20(27)24-19-10-7-16(22)11-18(19)23/h3-11H,12H2,1-2H3,(H,24,27)(H,25,28). The van der Waals surface area contributed by atoms with Crippen LogP contribution in [0.25, 0.3) is 0 Å². The molecule has 0 bridgehead atoms. The van der Waals surface area contributed by atoms with E-state index in [1.165, 1.54) is 12.1 Å². The average Bonchev–Trinajstić information content (AvgIpc) is 3.01. The van der Waals surface area contributed by atoms with E-state index in [0.717, 1.165) is 11.4 Å². The van der Waals surface area contributed by atoms with E-state index in [0.29, 0.717) is 15.8 Å². The van der Waals surface area contributed by atoms with Crippen LogP contribution in [0.5, 0.6) is 5.75 Å². The Hall–Kier alpha value is -3.13. The molecule has 1 heterocycles. The largest absolute Gasteiger partial charge is 0.484 e. The molecule has 0 saturated heterocycles. The van der Waals surface area contributed by atoms with E-state index in [4.69, 9.17) is 4.74 Å². The number of rotatable bonds is 6. The lowest BCUT2D eigenvalue weighted by Gasteiger charge is -2.12. The number of benzene rings is 2. The minimum atomic E-state index is -0.545. The van der Waals surface area contributed by atoms with Crippen LogP contribution in [0.4, 0.5) is 10.1 Å². The van der Waals surface area contributed by atoms with Crippen LogP contribution in [0, 0.1) is 19.7 Å². The first-order valence-electron chi connectivity index (χ1n) is 8.77. The molecule has 0 saturated carbocycles. The molecular weight excluding hydrogens is 441 g/mol. The zero-order chi connectivity index (χ0) is 21.0. The van der Waals surface area contributed by atoms with Crippen molar-refractivity contribution < 1.29 is 18.7 Å². The summed E-state index contributed by atoms with van der Waals surface area (Å²) in [5.74, 6) is -0.883. The first-order valence-corrected chi connectivity index (χ1v) is 9.57. The number of anilines is 1. The quantitative estimate of drug-likeness (QED) is 0.573. The normalized spacial score (nSPS) is 10.5. The summed E-state index contributed by atoms with van der Waals surface area (Å²) in [6, 6.07) is 14.6. The van der Waals surface area contributed by atoms with Crippen LogP contribution in [0.1, 0.15) is 21.7 Å². The predicted octanol–water partition coefficient (Wildman–Crippen LogP) is 4.41. The van der Waals surface area contributed by atoms with Gasteiger partial charge in [-0.1, -0.05) is 15.9 Å². The van der Waals surface area contributed by atoms with Crippen molar-refractivity contribution >= 4 is 33.4 Å². The fourth-order valence-corrected chi connectivity index (χ4v) is 2.97. The van der Waals surface area contributed by atoms with E-state index >= 15 is 0 Å². The van der Waals surface area contributed by atoms with E-state index in [9.17, 15) is 14.0 Å². The molecule has 0 aliphatic rings. The highest BCUT2D eigenvalue weighted by atomic mass is 79.9. The lowest BCUT2D eigenvalue weighted by Crippen LogP contribution is -2.24. The number of aryl methyl sites for hydroxylation is 2. The number of amides is 2. The van der Waals surface area contributed by atoms with Crippen molar-refractivity contribution in [2.75, 3.05) is 17.3 Å². The molecule has 0 unspecified atom stereocenters. The topological polar surface area (TPSA) is 72.4 Å². The summed E-state index contributed by atoms with van der Waals surface area (Å²) in [4.78, 5) is 24.3. The van der Waals surface area contributed by atoms with Crippen molar-refractivity contribution in [1.29, 1.82) is 0 Å². The molecule has 0 radical (unpaired) electrons. The Morgan fingerprint density at radius 1 is 1.03 bits per heavy atom. The zero-order valence-corrected chi connectivity index (χ0v) is 17.4. The summed E-state index contributed by atoms with van der Waals surface area (Å²) in [7, 11) is 0. The molecule has 0 fully saturated rings. The van der Waals surface area contributed by atoms with Gasteiger partial charge in [-0.25, -0.2) is 4.39 Å². The summed E-state index contributed by atoms with van der Waals surface area (Å²) in [5.41, 5.74) is 5.18. The van der Waals surface area contributed by atoms with Crippen molar-refractivity contribution in [3.63, 3.8) is 0 Å². The van der Waals surface area contributed by atoms with Crippen molar-refractivity contribution in [3.8, 4) is 5.75 Å². The number of ether oxygens (including phenoxy) is 1. The average molecular weight is 460 g/mol. The molecule has 3 aromatic rings. The van der Waals surface area contributed by atoms with Crippen LogP contribution in [0.15, 0.2) is 59.1 Å². The highest BCUT2D eigenvalue weighted by Crippen LogP contribution is 2.19. The third kappa shape index (κ3) is 5.23. The molecule has 2 aromatic carbocycles. The number of hydrogen-bond donors (Lipinski definition) is 2. The highest BCUT2D eigenvalue weighted by Gasteiger charge is 2.11. The molecule has 0 aliphatic heterocycles. The molecule has 150 valence electrons. The Morgan fingerprint density at radius 2 is 1.69 bits per heavy atom. The second-order valence-electron chi connectivity index (χ2n) is 6.38. The lowest BCUT2D eigenvalue weighted by atomic mass is 10.2. The van der Waals surface area contributed by atoms with Crippen LogP contribution < -0.4 is 15.5 Å².